The van der Waals surface area contributed by atoms with E-state index in [1.807, 2.05) is 50.2 Å². The third-order valence-electron chi connectivity index (χ3n) is 4.97. The summed E-state index contributed by atoms with van der Waals surface area (Å²) in [6.45, 7) is 4.75. The van der Waals surface area contributed by atoms with Gasteiger partial charge >= 0.3 is 5.97 Å². The molecule has 0 saturated heterocycles. The van der Waals surface area contributed by atoms with Gasteiger partial charge in [0.15, 0.2) is 0 Å². The summed E-state index contributed by atoms with van der Waals surface area (Å²) in [4.78, 5) is 31.7. The molecule has 0 spiro atoms. The summed E-state index contributed by atoms with van der Waals surface area (Å²) < 4.78 is 7.77. The molecule has 0 N–H and O–H groups in total. The predicted octanol–water partition coefficient (Wildman–Crippen LogP) is 5.81. The molecule has 0 amide bonds. The van der Waals surface area contributed by atoms with Crippen LogP contribution < -0.4 is 5.56 Å². The molecule has 4 aromatic rings. The zero-order chi connectivity index (χ0) is 22.0. The summed E-state index contributed by atoms with van der Waals surface area (Å²) in [5.74, 6) is -0.332. The van der Waals surface area contributed by atoms with Crippen molar-refractivity contribution in [3.05, 3.63) is 85.7 Å². The molecule has 2 aromatic carbocycles. The van der Waals surface area contributed by atoms with E-state index >= 15 is 0 Å². The number of aromatic nitrogens is 2. The van der Waals surface area contributed by atoms with Crippen molar-refractivity contribution in [2.45, 2.75) is 26.8 Å². The van der Waals surface area contributed by atoms with Crippen LogP contribution in [0, 0.1) is 6.92 Å². The van der Waals surface area contributed by atoms with Crippen LogP contribution in [0.15, 0.2) is 64.1 Å². The number of halogens is 1. The first-order valence-electron chi connectivity index (χ1n) is 9.98. The van der Waals surface area contributed by atoms with E-state index in [0.29, 0.717) is 24.1 Å². The van der Waals surface area contributed by atoms with Crippen LogP contribution in [0.5, 0.6) is 0 Å². The molecule has 0 aliphatic rings. The van der Waals surface area contributed by atoms with Crippen LogP contribution in [0.3, 0.4) is 0 Å². The van der Waals surface area contributed by atoms with Gasteiger partial charge in [-0.25, -0.2) is 9.78 Å². The minimum absolute atomic E-state index is 0.0706. The number of nitrogens with zero attached hydrogens (tertiary/aromatic N) is 2. The Balaban J connectivity index is 1.67. The number of benzene rings is 2. The zero-order valence-corrected chi connectivity index (χ0v) is 19.6. The Kier molecular flexibility index (Phi) is 6.34. The van der Waals surface area contributed by atoms with Gasteiger partial charge in [0.1, 0.15) is 4.83 Å². The Bertz CT molecular complexity index is 1290. The fourth-order valence-electron chi connectivity index (χ4n) is 3.44. The van der Waals surface area contributed by atoms with Crippen LogP contribution in [0.1, 0.15) is 34.1 Å². The van der Waals surface area contributed by atoms with E-state index in [0.717, 1.165) is 37.3 Å². The lowest BCUT2D eigenvalue weighted by Gasteiger charge is -2.08. The number of ether oxygens (including phenoxy) is 1. The van der Waals surface area contributed by atoms with E-state index in [2.05, 4.69) is 20.9 Å². The van der Waals surface area contributed by atoms with Crippen LogP contribution in [0.2, 0.25) is 0 Å². The summed E-state index contributed by atoms with van der Waals surface area (Å²) >= 11 is 4.99. The predicted molar refractivity (Wildman–Crippen MR) is 128 cm³/mol. The van der Waals surface area contributed by atoms with Crippen LogP contribution in [-0.4, -0.2) is 22.1 Å². The van der Waals surface area contributed by atoms with E-state index in [-0.39, 0.29) is 11.5 Å². The molecule has 0 saturated carbocycles. The van der Waals surface area contributed by atoms with Gasteiger partial charge in [-0.15, -0.1) is 11.3 Å². The van der Waals surface area contributed by atoms with E-state index < -0.39 is 0 Å². The molecule has 0 bridgehead atoms. The van der Waals surface area contributed by atoms with Gasteiger partial charge in [0.05, 0.1) is 30.4 Å². The Hall–Kier alpha value is -2.77. The molecule has 4 rings (SSSR count). The average molecular weight is 497 g/mol. The molecule has 31 heavy (non-hydrogen) atoms. The molecule has 2 heterocycles. The fourth-order valence-corrected chi connectivity index (χ4v) is 4.70. The Morgan fingerprint density at radius 1 is 1.13 bits per heavy atom. The first-order valence-corrected chi connectivity index (χ1v) is 11.6. The molecule has 0 aliphatic heterocycles. The molecule has 0 atom stereocenters. The molecule has 0 unspecified atom stereocenters. The number of aryl methyl sites for hydroxylation is 1. The first-order chi connectivity index (χ1) is 15.0. The summed E-state index contributed by atoms with van der Waals surface area (Å²) in [5, 5.41) is 0.645. The van der Waals surface area contributed by atoms with Gasteiger partial charge in [0, 0.05) is 14.9 Å². The number of esters is 1. The lowest BCUT2D eigenvalue weighted by atomic mass is 10.0. The monoisotopic (exact) mass is 496 g/mol. The maximum atomic E-state index is 13.3. The van der Waals surface area contributed by atoms with E-state index in [1.54, 1.807) is 23.0 Å². The quantitative estimate of drug-likeness (QED) is 0.316. The van der Waals surface area contributed by atoms with E-state index in [1.165, 1.54) is 11.3 Å². The van der Waals surface area contributed by atoms with Crippen molar-refractivity contribution in [1.29, 1.82) is 0 Å². The zero-order valence-electron chi connectivity index (χ0n) is 17.2. The van der Waals surface area contributed by atoms with Crippen molar-refractivity contribution in [1.82, 2.24) is 9.55 Å². The number of carbonyl (C=O) groups excluding carboxylic acids is 1. The van der Waals surface area contributed by atoms with Crippen molar-refractivity contribution in [3.63, 3.8) is 0 Å². The van der Waals surface area contributed by atoms with Gasteiger partial charge in [-0.3, -0.25) is 9.36 Å². The van der Waals surface area contributed by atoms with Crippen molar-refractivity contribution in [2.75, 3.05) is 6.61 Å². The summed E-state index contributed by atoms with van der Waals surface area (Å²) in [6.07, 6.45) is 2.38. The number of thiophene rings is 1. The largest absolute Gasteiger partial charge is 0.462 e. The van der Waals surface area contributed by atoms with Crippen molar-refractivity contribution >= 4 is 43.5 Å². The van der Waals surface area contributed by atoms with Gasteiger partial charge in [0.2, 0.25) is 0 Å². The molecule has 5 nitrogen and oxygen atoms in total. The number of fused-ring (bicyclic) bond motifs is 1. The summed E-state index contributed by atoms with van der Waals surface area (Å²) in [5.41, 5.74) is 3.28. The number of rotatable bonds is 6. The number of hydrogen-bond donors (Lipinski definition) is 0. The molecule has 0 radical (unpaired) electrons. The highest BCUT2D eigenvalue weighted by atomic mass is 79.9. The van der Waals surface area contributed by atoms with E-state index in [9.17, 15) is 9.59 Å². The van der Waals surface area contributed by atoms with Gasteiger partial charge < -0.3 is 4.74 Å². The second-order valence-corrected chi connectivity index (χ2v) is 9.35. The highest BCUT2D eigenvalue weighted by molar-refractivity contribution is 9.10. The van der Waals surface area contributed by atoms with Gasteiger partial charge in [-0.2, -0.15) is 0 Å². The Morgan fingerprint density at radius 2 is 1.84 bits per heavy atom. The Labute approximate surface area is 192 Å². The molecule has 158 valence electrons. The van der Waals surface area contributed by atoms with Crippen molar-refractivity contribution in [3.8, 4) is 11.1 Å². The third kappa shape index (κ3) is 4.48. The molecule has 0 aliphatic carbocycles. The Morgan fingerprint density at radius 3 is 2.52 bits per heavy atom. The van der Waals surface area contributed by atoms with Gasteiger partial charge in [-0.05, 0) is 48.7 Å². The second kappa shape index (κ2) is 9.16. The van der Waals surface area contributed by atoms with Crippen molar-refractivity contribution in [2.24, 2.45) is 0 Å². The highest BCUT2D eigenvalue weighted by Gasteiger charge is 2.17. The molecular formula is C24H21BrN2O3S. The molecule has 7 heteroatoms. The molecular weight excluding hydrogens is 476 g/mol. The maximum absolute atomic E-state index is 13.3. The molecule has 2 aromatic heterocycles. The SMILES string of the molecule is CCCOC(=O)c1ccc(Cn2cnc3sc(C)c(-c4ccc(Br)cc4)c3c2=O)cc1. The van der Waals surface area contributed by atoms with Gasteiger partial charge in [0.25, 0.3) is 5.56 Å². The lowest BCUT2D eigenvalue weighted by Crippen LogP contribution is -2.21. The highest BCUT2D eigenvalue weighted by Crippen LogP contribution is 2.35. The second-order valence-electron chi connectivity index (χ2n) is 7.23. The summed E-state index contributed by atoms with van der Waals surface area (Å²) in [7, 11) is 0. The lowest BCUT2D eigenvalue weighted by molar-refractivity contribution is 0.0505. The number of carbonyl (C=O) groups is 1. The fraction of sp³-hybridized carbons (Fsp3) is 0.208. The van der Waals surface area contributed by atoms with Crippen LogP contribution in [0.25, 0.3) is 21.3 Å². The average Bonchev–Trinajstić information content (AvgIpc) is 3.12. The van der Waals surface area contributed by atoms with Crippen LogP contribution in [-0.2, 0) is 11.3 Å². The standard InChI is InChI=1S/C24H21BrN2O3S/c1-3-12-30-24(29)18-6-4-16(5-7-18)13-27-14-26-22-21(23(27)28)20(15(2)31-22)17-8-10-19(25)11-9-17/h4-11,14H,3,12-13H2,1-2H3. The number of hydrogen-bond acceptors (Lipinski definition) is 5. The van der Waals surface area contributed by atoms with Gasteiger partial charge in [-0.1, -0.05) is 47.1 Å². The normalized spacial score (nSPS) is 11.1. The van der Waals surface area contributed by atoms with Crippen LogP contribution >= 0.6 is 27.3 Å². The smallest absolute Gasteiger partial charge is 0.338 e. The minimum Gasteiger partial charge on any atom is -0.462 e. The maximum Gasteiger partial charge on any atom is 0.338 e. The topological polar surface area (TPSA) is 61.2 Å². The van der Waals surface area contributed by atoms with Crippen LogP contribution in [0.4, 0.5) is 0 Å². The van der Waals surface area contributed by atoms with Crippen molar-refractivity contribution < 1.29 is 9.53 Å². The third-order valence-corrected chi connectivity index (χ3v) is 6.51. The van der Waals surface area contributed by atoms with E-state index in [4.69, 9.17) is 4.74 Å². The summed E-state index contributed by atoms with van der Waals surface area (Å²) in [6, 6.07) is 15.1. The minimum atomic E-state index is -0.332. The molecule has 0 fully saturated rings. The first kappa shape index (κ1) is 21.5.